The van der Waals surface area contributed by atoms with Crippen LogP contribution in [0.4, 0.5) is 5.69 Å². The van der Waals surface area contributed by atoms with Crippen LogP contribution < -0.4 is 20.1 Å². The van der Waals surface area contributed by atoms with Crippen LogP contribution in [0.15, 0.2) is 18.2 Å². The molecule has 0 aliphatic heterocycles. The molecule has 4 nitrogen and oxygen atoms in total. The van der Waals surface area contributed by atoms with Crippen molar-refractivity contribution in [2.45, 2.75) is 44.6 Å². The minimum absolute atomic E-state index is 0.486. The van der Waals surface area contributed by atoms with Gasteiger partial charge < -0.3 is 20.1 Å². The summed E-state index contributed by atoms with van der Waals surface area (Å²) in [6.45, 7) is 0. The maximum Gasteiger partial charge on any atom is 0.170 e. The van der Waals surface area contributed by atoms with Crippen molar-refractivity contribution in [3.05, 3.63) is 18.2 Å². The molecular weight excluding hydrogens is 284 g/mol. The Morgan fingerprint density at radius 1 is 1.00 bits per heavy atom. The smallest absolute Gasteiger partial charge is 0.170 e. The van der Waals surface area contributed by atoms with E-state index in [1.165, 1.54) is 38.5 Å². The van der Waals surface area contributed by atoms with Crippen LogP contribution in [0.2, 0.25) is 0 Å². The average Bonchev–Trinajstić information content (AvgIpc) is 2.75. The van der Waals surface area contributed by atoms with E-state index in [1.54, 1.807) is 14.2 Å². The lowest BCUT2D eigenvalue weighted by Gasteiger charge is -2.19. The lowest BCUT2D eigenvalue weighted by Crippen LogP contribution is -2.37. The van der Waals surface area contributed by atoms with Crippen LogP contribution >= 0.6 is 12.2 Å². The lowest BCUT2D eigenvalue weighted by molar-refractivity contribution is 0.395. The number of anilines is 1. The Kier molecular flexibility index (Phi) is 6.11. The molecule has 1 fully saturated rings. The van der Waals surface area contributed by atoms with Crippen LogP contribution in [0.25, 0.3) is 0 Å². The topological polar surface area (TPSA) is 42.5 Å². The van der Waals surface area contributed by atoms with E-state index in [-0.39, 0.29) is 0 Å². The van der Waals surface area contributed by atoms with Gasteiger partial charge in [0.05, 0.1) is 14.2 Å². The van der Waals surface area contributed by atoms with Crippen LogP contribution in [0.3, 0.4) is 0 Å². The number of hydrogen-bond donors (Lipinski definition) is 2. The van der Waals surface area contributed by atoms with Gasteiger partial charge in [-0.15, -0.1) is 0 Å². The van der Waals surface area contributed by atoms with E-state index in [2.05, 4.69) is 10.6 Å². The van der Waals surface area contributed by atoms with Crippen LogP contribution in [-0.2, 0) is 0 Å². The molecular formula is C16H24N2O2S. The van der Waals surface area contributed by atoms with Crippen LogP contribution in [0.1, 0.15) is 38.5 Å². The summed E-state index contributed by atoms with van der Waals surface area (Å²) in [5.74, 6) is 1.49. The molecule has 5 heteroatoms. The SMILES string of the molecule is COc1cc(NC(=S)NC2CCCCCC2)cc(OC)c1. The summed E-state index contributed by atoms with van der Waals surface area (Å²) in [6, 6.07) is 6.14. The zero-order valence-corrected chi connectivity index (χ0v) is 13.6. The van der Waals surface area contributed by atoms with Crippen LogP contribution in [0, 0.1) is 0 Å². The standard InChI is InChI=1S/C16H24N2O2S/c1-19-14-9-13(10-15(11-14)20-2)18-16(21)17-12-7-5-3-4-6-8-12/h9-12H,3-8H2,1-2H3,(H2,17,18,21). The van der Waals surface area contributed by atoms with Crippen molar-refractivity contribution in [1.29, 1.82) is 0 Å². The Morgan fingerprint density at radius 2 is 1.57 bits per heavy atom. The molecule has 1 aromatic rings. The summed E-state index contributed by atoms with van der Waals surface area (Å²) in [7, 11) is 3.28. The second-order valence-corrected chi connectivity index (χ2v) is 5.80. The van der Waals surface area contributed by atoms with E-state index in [1.807, 2.05) is 18.2 Å². The van der Waals surface area contributed by atoms with Gasteiger partial charge in [-0.25, -0.2) is 0 Å². The minimum atomic E-state index is 0.486. The maximum absolute atomic E-state index is 5.42. The van der Waals surface area contributed by atoms with Crippen molar-refractivity contribution < 1.29 is 9.47 Å². The molecule has 0 spiro atoms. The van der Waals surface area contributed by atoms with E-state index in [4.69, 9.17) is 21.7 Å². The zero-order chi connectivity index (χ0) is 15.1. The third-order valence-corrected chi connectivity index (χ3v) is 4.02. The van der Waals surface area contributed by atoms with Crippen LogP contribution in [0.5, 0.6) is 11.5 Å². The van der Waals surface area contributed by atoms with Gasteiger partial charge in [0.25, 0.3) is 0 Å². The highest BCUT2D eigenvalue weighted by molar-refractivity contribution is 7.80. The Labute approximate surface area is 132 Å². The molecule has 2 rings (SSSR count). The molecule has 1 aliphatic carbocycles. The van der Waals surface area contributed by atoms with Gasteiger partial charge in [-0.3, -0.25) is 0 Å². The van der Waals surface area contributed by atoms with Crippen molar-refractivity contribution in [1.82, 2.24) is 5.32 Å². The third kappa shape index (κ3) is 5.08. The summed E-state index contributed by atoms with van der Waals surface area (Å²) in [5.41, 5.74) is 0.873. The van der Waals surface area contributed by atoms with Crippen molar-refractivity contribution in [3.63, 3.8) is 0 Å². The predicted molar refractivity (Wildman–Crippen MR) is 90.4 cm³/mol. The lowest BCUT2D eigenvalue weighted by atomic mass is 10.1. The van der Waals surface area contributed by atoms with Crippen molar-refractivity contribution >= 4 is 23.0 Å². The summed E-state index contributed by atoms with van der Waals surface area (Å²) in [6.07, 6.45) is 7.64. The molecule has 0 unspecified atom stereocenters. The molecule has 1 aliphatic rings. The van der Waals surface area contributed by atoms with E-state index in [0.29, 0.717) is 11.2 Å². The van der Waals surface area contributed by atoms with Gasteiger partial charge in [0, 0.05) is 29.9 Å². The fourth-order valence-corrected chi connectivity index (χ4v) is 2.94. The molecule has 0 bridgehead atoms. The van der Waals surface area contributed by atoms with E-state index in [0.717, 1.165) is 17.2 Å². The molecule has 1 saturated carbocycles. The number of hydrogen-bond acceptors (Lipinski definition) is 3. The molecule has 116 valence electrons. The second-order valence-electron chi connectivity index (χ2n) is 5.39. The average molecular weight is 308 g/mol. The molecule has 1 aromatic carbocycles. The molecule has 21 heavy (non-hydrogen) atoms. The summed E-state index contributed by atoms with van der Waals surface area (Å²) < 4.78 is 10.5. The first-order valence-corrected chi connectivity index (χ1v) is 7.92. The number of benzene rings is 1. The highest BCUT2D eigenvalue weighted by Gasteiger charge is 2.13. The quantitative estimate of drug-likeness (QED) is 0.655. The first kappa shape index (κ1) is 15.9. The maximum atomic E-state index is 5.42. The molecule has 0 atom stereocenters. The van der Waals surface area contributed by atoms with E-state index >= 15 is 0 Å². The number of thiocarbonyl (C=S) groups is 1. The first-order valence-electron chi connectivity index (χ1n) is 7.52. The molecule has 2 N–H and O–H groups in total. The summed E-state index contributed by atoms with van der Waals surface area (Å²) in [5, 5.41) is 7.30. The first-order chi connectivity index (χ1) is 10.2. The van der Waals surface area contributed by atoms with E-state index < -0.39 is 0 Å². The van der Waals surface area contributed by atoms with Gasteiger partial charge in [-0.05, 0) is 25.1 Å². The van der Waals surface area contributed by atoms with Gasteiger partial charge >= 0.3 is 0 Å². The van der Waals surface area contributed by atoms with Gasteiger partial charge in [0.15, 0.2) is 5.11 Å². The Balaban J connectivity index is 1.95. The Bertz CT molecular complexity index is 449. The van der Waals surface area contributed by atoms with Gasteiger partial charge in [-0.2, -0.15) is 0 Å². The van der Waals surface area contributed by atoms with Gasteiger partial charge in [-0.1, -0.05) is 25.7 Å². The largest absolute Gasteiger partial charge is 0.497 e. The summed E-state index contributed by atoms with van der Waals surface area (Å²) >= 11 is 5.42. The molecule has 0 amide bonds. The van der Waals surface area contributed by atoms with Crippen LogP contribution in [-0.4, -0.2) is 25.4 Å². The van der Waals surface area contributed by atoms with Crippen molar-refractivity contribution in [3.8, 4) is 11.5 Å². The fraction of sp³-hybridized carbons (Fsp3) is 0.562. The zero-order valence-electron chi connectivity index (χ0n) is 12.8. The fourth-order valence-electron chi connectivity index (χ4n) is 2.66. The predicted octanol–water partition coefficient (Wildman–Crippen LogP) is 3.71. The van der Waals surface area contributed by atoms with E-state index in [9.17, 15) is 0 Å². The Morgan fingerprint density at radius 3 is 2.10 bits per heavy atom. The monoisotopic (exact) mass is 308 g/mol. The molecule has 0 radical (unpaired) electrons. The minimum Gasteiger partial charge on any atom is -0.497 e. The molecule has 0 saturated heterocycles. The third-order valence-electron chi connectivity index (χ3n) is 3.80. The Hall–Kier alpha value is -1.49. The number of methoxy groups -OCH3 is 2. The second kappa shape index (κ2) is 8.08. The molecule has 0 heterocycles. The highest BCUT2D eigenvalue weighted by Crippen LogP contribution is 2.26. The van der Waals surface area contributed by atoms with Crippen molar-refractivity contribution in [2.24, 2.45) is 0 Å². The number of ether oxygens (including phenoxy) is 2. The van der Waals surface area contributed by atoms with Gasteiger partial charge in [0.2, 0.25) is 0 Å². The number of nitrogens with one attached hydrogen (secondary N) is 2. The van der Waals surface area contributed by atoms with Gasteiger partial charge in [0.1, 0.15) is 11.5 Å². The van der Waals surface area contributed by atoms with Crippen molar-refractivity contribution in [2.75, 3.05) is 19.5 Å². The number of rotatable bonds is 4. The molecule has 0 aromatic heterocycles. The summed E-state index contributed by atoms with van der Waals surface area (Å²) in [4.78, 5) is 0. The highest BCUT2D eigenvalue weighted by atomic mass is 32.1. The normalized spacial score (nSPS) is 15.9.